The van der Waals surface area contributed by atoms with Crippen LogP contribution in [0.2, 0.25) is 5.02 Å². The molecule has 1 aromatic carbocycles. The number of amides is 1. The minimum atomic E-state index is -3.60. The van der Waals surface area contributed by atoms with Gasteiger partial charge >= 0.3 is 0 Å². The molecular weight excluding hydrogens is 362 g/mol. The molecule has 1 aliphatic rings. The standard InChI is InChI=1S/C17H26ClN3O3S/c1-25(23,24)21(16-9-4-3-8-15(16)18)14-17(22)19-10-7-13-20-11-5-2-6-12-20/h3-4,8-9H,2,5-7,10-14H2,1H3,(H,19,22). The van der Waals surface area contributed by atoms with Gasteiger partial charge in [0.2, 0.25) is 15.9 Å². The van der Waals surface area contributed by atoms with Gasteiger partial charge in [-0.15, -0.1) is 0 Å². The number of nitrogens with zero attached hydrogens (tertiary/aromatic N) is 2. The SMILES string of the molecule is CS(=O)(=O)N(CC(=O)NCCCN1CCCCC1)c1ccccc1Cl. The second kappa shape index (κ2) is 9.40. The van der Waals surface area contributed by atoms with Gasteiger partial charge in [-0.1, -0.05) is 30.2 Å². The van der Waals surface area contributed by atoms with Crippen molar-refractivity contribution in [1.82, 2.24) is 10.2 Å². The molecule has 140 valence electrons. The Morgan fingerprint density at radius 2 is 1.92 bits per heavy atom. The fraction of sp³-hybridized carbons (Fsp3) is 0.588. The summed E-state index contributed by atoms with van der Waals surface area (Å²) >= 11 is 6.08. The number of nitrogens with one attached hydrogen (secondary N) is 1. The van der Waals surface area contributed by atoms with E-state index in [-0.39, 0.29) is 12.5 Å². The Morgan fingerprint density at radius 3 is 2.56 bits per heavy atom. The third kappa shape index (κ3) is 6.49. The van der Waals surface area contributed by atoms with Crippen molar-refractivity contribution < 1.29 is 13.2 Å². The number of carbonyl (C=O) groups is 1. The molecule has 0 radical (unpaired) electrons. The summed E-state index contributed by atoms with van der Waals surface area (Å²) in [5, 5.41) is 3.10. The van der Waals surface area contributed by atoms with E-state index >= 15 is 0 Å². The van der Waals surface area contributed by atoms with Crippen molar-refractivity contribution in [2.75, 3.05) is 43.3 Å². The second-order valence-corrected chi connectivity index (χ2v) is 8.64. The lowest BCUT2D eigenvalue weighted by Gasteiger charge is -2.26. The van der Waals surface area contributed by atoms with Gasteiger partial charge in [0.1, 0.15) is 6.54 Å². The van der Waals surface area contributed by atoms with E-state index in [9.17, 15) is 13.2 Å². The van der Waals surface area contributed by atoms with Crippen LogP contribution in [0, 0.1) is 0 Å². The van der Waals surface area contributed by atoms with Crippen molar-refractivity contribution in [1.29, 1.82) is 0 Å². The average molecular weight is 388 g/mol. The van der Waals surface area contributed by atoms with Crippen LogP contribution < -0.4 is 9.62 Å². The van der Waals surface area contributed by atoms with Crippen LogP contribution in [0.3, 0.4) is 0 Å². The molecule has 0 saturated carbocycles. The quantitative estimate of drug-likeness (QED) is 0.693. The molecule has 1 aliphatic heterocycles. The lowest BCUT2D eigenvalue weighted by atomic mass is 10.1. The zero-order valence-corrected chi connectivity index (χ0v) is 16.2. The van der Waals surface area contributed by atoms with Crippen LogP contribution in [-0.4, -0.2) is 58.2 Å². The van der Waals surface area contributed by atoms with Crippen LogP contribution in [0.25, 0.3) is 0 Å². The minimum absolute atomic E-state index is 0.272. The van der Waals surface area contributed by atoms with Crippen LogP contribution in [-0.2, 0) is 14.8 Å². The normalized spacial score (nSPS) is 15.8. The van der Waals surface area contributed by atoms with Gasteiger partial charge in [-0.05, 0) is 51.0 Å². The highest BCUT2D eigenvalue weighted by molar-refractivity contribution is 7.92. The predicted octanol–water partition coefficient (Wildman–Crippen LogP) is 2.10. The first-order valence-electron chi connectivity index (χ1n) is 8.59. The van der Waals surface area contributed by atoms with E-state index < -0.39 is 10.0 Å². The van der Waals surface area contributed by atoms with Gasteiger partial charge in [-0.25, -0.2) is 8.42 Å². The van der Waals surface area contributed by atoms with Gasteiger partial charge in [0.05, 0.1) is 17.0 Å². The first-order chi connectivity index (χ1) is 11.9. The number of benzene rings is 1. The van der Waals surface area contributed by atoms with Crippen LogP contribution in [0.5, 0.6) is 0 Å². The molecule has 6 nitrogen and oxygen atoms in total. The summed E-state index contributed by atoms with van der Waals surface area (Å²) < 4.78 is 25.1. The van der Waals surface area contributed by atoms with Gasteiger partial charge in [0.25, 0.3) is 0 Å². The van der Waals surface area contributed by atoms with E-state index in [2.05, 4.69) is 10.2 Å². The number of hydrogen-bond donors (Lipinski definition) is 1. The lowest BCUT2D eigenvalue weighted by Crippen LogP contribution is -2.41. The van der Waals surface area contributed by atoms with E-state index in [1.54, 1.807) is 24.3 Å². The highest BCUT2D eigenvalue weighted by Gasteiger charge is 2.22. The van der Waals surface area contributed by atoms with Gasteiger partial charge in [-0.2, -0.15) is 0 Å². The lowest BCUT2D eigenvalue weighted by molar-refractivity contribution is -0.119. The van der Waals surface area contributed by atoms with Crippen LogP contribution in [0.15, 0.2) is 24.3 Å². The first kappa shape index (κ1) is 20.0. The maximum Gasteiger partial charge on any atom is 0.240 e. The molecule has 1 fully saturated rings. The third-order valence-corrected chi connectivity index (χ3v) is 5.68. The summed E-state index contributed by atoms with van der Waals surface area (Å²) in [5.41, 5.74) is 0.315. The molecule has 0 unspecified atom stereocenters. The first-order valence-corrected chi connectivity index (χ1v) is 10.8. The Hall–Kier alpha value is -1.31. The number of carbonyl (C=O) groups excluding carboxylic acids is 1. The molecule has 1 heterocycles. The molecule has 2 rings (SSSR count). The Morgan fingerprint density at radius 1 is 1.24 bits per heavy atom. The molecule has 1 aromatic rings. The number of rotatable bonds is 8. The highest BCUT2D eigenvalue weighted by atomic mass is 35.5. The largest absolute Gasteiger partial charge is 0.354 e. The molecule has 0 spiro atoms. The molecule has 8 heteroatoms. The summed E-state index contributed by atoms with van der Waals surface area (Å²) in [7, 11) is -3.60. The zero-order valence-electron chi connectivity index (χ0n) is 14.6. The van der Waals surface area contributed by atoms with E-state index in [0.717, 1.165) is 36.6 Å². The molecule has 0 atom stereocenters. The Balaban J connectivity index is 1.84. The Labute approximate surface area is 155 Å². The third-order valence-electron chi connectivity index (χ3n) is 4.23. The van der Waals surface area contributed by atoms with E-state index in [1.165, 1.54) is 19.3 Å². The predicted molar refractivity (Wildman–Crippen MR) is 102 cm³/mol. The number of hydrogen-bond acceptors (Lipinski definition) is 4. The number of sulfonamides is 1. The number of likely N-dealkylation sites (tertiary alicyclic amines) is 1. The fourth-order valence-electron chi connectivity index (χ4n) is 2.93. The molecule has 1 amide bonds. The van der Waals surface area contributed by atoms with Crippen molar-refractivity contribution >= 4 is 33.2 Å². The molecule has 25 heavy (non-hydrogen) atoms. The summed E-state index contributed by atoms with van der Waals surface area (Å²) in [4.78, 5) is 14.6. The average Bonchev–Trinajstić information content (AvgIpc) is 2.57. The van der Waals surface area contributed by atoms with Gasteiger partial charge in [0, 0.05) is 6.54 Å². The molecule has 0 aliphatic carbocycles. The Kier molecular flexibility index (Phi) is 7.53. The number of para-hydroxylation sites is 1. The van der Waals surface area contributed by atoms with Crippen LogP contribution in [0.4, 0.5) is 5.69 Å². The number of halogens is 1. The van der Waals surface area contributed by atoms with E-state index in [4.69, 9.17) is 11.6 Å². The number of piperidine rings is 1. The fourth-order valence-corrected chi connectivity index (χ4v) is 4.09. The van der Waals surface area contributed by atoms with Crippen molar-refractivity contribution in [3.8, 4) is 0 Å². The zero-order chi connectivity index (χ0) is 18.3. The van der Waals surface area contributed by atoms with Crippen LogP contribution in [0.1, 0.15) is 25.7 Å². The molecular formula is C17H26ClN3O3S. The molecule has 0 aromatic heterocycles. The Bertz CT molecular complexity index is 675. The summed E-state index contributed by atoms with van der Waals surface area (Å²) in [5.74, 6) is -0.330. The molecule has 1 saturated heterocycles. The summed E-state index contributed by atoms with van der Waals surface area (Å²) in [6, 6.07) is 6.60. The second-order valence-electron chi connectivity index (χ2n) is 6.33. The van der Waals surface area contributed by atoms with Crippen molar-refractivity contribution in [3.05, 3.63) is 29.3 Å². The summed E-state index contributed by atoms with van der Waals surface area (Å²) in [6.07, 6.45) is 5.72. The minimum Gasteiger partial charge on any atom is -0.354 e. The van der Waals surface area contributed by atoms with Gasteiger partial charge in [-0.3, -0.25) is 9.10 Å². The molecule has 0 bridgehead atoms. The summed E-state index contributed by atoms with van der Waals surface area (Å²) in [6.45, 7) is 3.48. The van der Waals surface area contributed by atoms with Gasteiger partial charge in [0.15, 0.2) is 0 Å². The number of anilines is 1. The monoisotopic (exact) mass is 387 g/mol. The van der Waals surface area contributed by atoms with Crippen molar-refractivity contribution in [3.63, 3.8) is 0 Å². The molecule has 1 N–H and O–H groups in total. The smallest absolute Gasteiger partial charge is 0.240 e. The van der Waals surface area contributed by atoms with Crippen molar-refractivity contribution in [2.24, 2.45) is 0 Å². The highest BCUT2D eigenvalue weighted by Crippen LogP contribution is 2.26. The van der Waals surface area contributed by atoms with Crippen LogP contribution >= 0.6 is 11.6 Å². The maximum absolute atomic E-state index is 12.2. The van der Waals surface area contributed by atoms with E-state index in [1.807, 2.05) is 0 Å². The van der Waals surface area contributed by atoms with E-state index in [0.29, 0.717) is 17.3 Å². The topological polar surface area (TPSA) is 69.7 Å². The maximum atomic E-state index is 12.2. The van der Waals surface area contributed by atoms with Gasteiger partial charge < -0.3 is 10.2 Å². The van der Waals surface area contributed by atoms with Crippen molar-refractivity contribution in [2.45, 2.75) is 25.7 Å².